The Labute approximate surface area is 85.1 Å². The molecule has 0 fully saturated rings. The molecular formula is C10H19N3O. The Bertz CT molecular complexity index is 260. The van der Waals surface area contributed by atoms with Crippen molar-refractivity contribution in [1.29, 1.82) is 0 Å². The predicted octanol–water partition coefficient (Wildman–Crippen LogP) is 2.05. The first-order valence-corrected chi connectivity index (χ1v) is 5.28. The van der Waals surface area contributed by atoms with Gasteiger partial charge in [0.25, 0.3) is 0 Å². The topological polar surface area (TPSA) is 51.0 Å². The Morgan fingerprint density at radius 2 is 2.21 bits per heavy atom. The maximum Gasteiger partial charge on any atom is 0.223 e. The normalized spacial score (nSPS) is 13.1. The second-order valence-electron chi connectivity index (χ2n) is 3.50. The van der Waals surface area contributed by atoms with Crippen molar-refractivity contribution in [3.8, 4) is 0 Å². The predicted molar refractivity (Wildman–Crippen MR) is 54.9 cm³/mol. The van der Waals surface area contributed by atoms with Crippen LogP contribution in [-0.2, 0) is 6.54 Å². The summed E-state index contributed by atoms with van der Waals surface area (Å²) >= 11 is 0. The van der Waals surface area contributed by atoms with Gasteiger partial charge in [-0.15, -0.1) is 0 Å². The molecule has 14 heavy (non-hydrogen) atoms. The smallest absolute Gasteiger partial charge is 0.223 e. The van der Waals surface area contributed by atoms with Gasteiger partial charge in [-0.05, 0) is 12.8 Å². The van der Waals surface area contributed by atoms with E-state index in [-0.39, 0.29) is 0 Å². The summed E-state index contributed by atoms with van der Waals surface area (Å²) in [6.07, 6.45) is 3.55. The van der Waals surface area contributed by atoms with Crippen molar-refractivity contribution in [3.05, 3.63) is 11.7 Å². The zero-order valence-electron chi connectivity index (χ0n) is 9.21. The van der Waals surface area contributed by atoms with Gasteiger partial charge in [0, 0.05) is 13.0 Å². The van der Waals surface area contributed by atoms with Crippen LogP contribution >= 0.6 is 0 Å². The van der Waals surface area contributed by atoms with Crippen LogP contribution in [0.15, 0.2) is 4.52 Å². The van der Waals surface area contributed by atoms with Crippen LogP contribution in [0.1, 0.15) is 44.8 Å². The minimum atomic E-state index is 0.568. The van der Waals surface area contributed by atoms with Crippen LogP contribution in [-0.4, -0.2) is 16.2 Å². The molecule has 0 aromatic carbocycles. The molecule has 4 heteroatoms. The minimum Gasteiger partial charge on any atom is -0.340 e. The third kappa shape index (κ3) is 3.46. The Hall–Kier alpha value is -0.900. The molecule has 1 heterocycles. The van der Waals surface area contributed by atoms with E-state index in [1.807, 2.05) is 0 Å². The Morgan fingerprint density at radius 3 is 2.71 bits per heavy atom. The summed E-state index contributed by atoms with van der Waals surface area (Å²) in [5.41, 5.74) is 0. The molecule has 0 radical (unpaired) electrons. The maximum absolute atomic E-state index is 4.89. The first kappa shape index (κ1) is 11.2. The van der Waals surface area contributed by atoms with E-state index in [1.165, 1.54) is 12.8 Å². The Kier molecular flexibility index (Phi) is 4.59. The van der Waals surface area contributed by atoms with E-state index in [0.29, 0.717) is 18.5 Å². The molecule has 0 amide bonds. The van der Waals surface area contributed by atoms with Crippen LogP contribution in [0.3, 0.4) is 0 Å². The quantitative estimate of drug-likeness (QED) is 0.758. The highest BCUT2D eigenvalue weighted by molar-refractivity contribution is 4.83. The van der Waals surface area contributed by atoms with E-state index >= 15 is 0 Å². The lowest BCUT2D eigenvalue weighted by molar-refractivity contribution is 0.380. The van der Waals surface area contributed by atoms with Crippen molar-refractivity contribution in [2.24, 2.45) is 0 Å². The van der Waals surface area contributed by atoms with E-state index in [4.69, 9.17) is 4.52 Å². The standard InChI is InChI=1S/C10H19N3O/c1-4-6-9(5-2)11-7-10-12-8(3)14-13-10/h9,11H,4-7H2,1-3H3. The summed E-state index contributed by atoms with van der Waals surface area (Å²) in [7, 11) is 0. The number of aromatic nitrogens is 2. The van der Waals surface area contributed by atoms with Crippen LogP contribution < -0.4 is 5.32 Å². The van der Waals surface area contributed by atoms with Gasteiger partial charge in [-0.2, -0.15) is 4.98 Å². The second kappa shape index (κ2) is 5.75. The molecule has 1 atom stereocenters. The molecule has 0 aliphatic heterocycles. The zero-order chi connectivity index (χ0) is 10.4. The molecule has 0 aliphatic carbocycles. The fraction of sp³-hybridized carbons (Fsp3) is 0.800. The zero-order valence-corrected chi connectivity index (χ0v) is 9.21. The third-order valence-corrected chi connectivity index (χ3v) is 2.25. The lowest BCUT2D eigenvalue weighted by atomic mass is 10.1. The van der Waals surface area contributed by atoms with E-state index in [2.05, 4.69) is 29.3 Å². The largest absolute Gasteiger partial charge is 0.340 e. The van der Waals surface area contributed by atoms with Gasteiger partial charge >= 0.3 is 0 Å². The van der Waals surface area contributed by atoms with E-state index in [0.717, 1.165) is 12.2 Å². The molecule has 0 bridgehead atoms. The third-order valence-electron chi connectivity index (χ3n) is 2.25. The summed E-state index contributed by atoms with van der Waals surface area (Å²) in [4.78, 5) is 4.14. The van der Waals surface area contributed by atoms with Crippen LogP contribution in [0.25, 0.3) is 0 Å². The van der Waals surface area contributed by atoms with Gasteiger partial charge < -0.3 is 9.84 Å². The average Bonchev–Trinajstić information content (AvgIpc) is 2.59. The average molecular weight is 197 g/mol. The van der Waals surface area contributed by atoms with E-state index in [1.54, 1.807) is 6.92 Å². The van der Waals surface area contributed by atoms with E-state index in [9.17, 15) is 0 Å². The van der Waals surface area contributed by atoms with Crippen LogP contribution in [0, 0.1) is 6.92 Å². The maximum atomic E-state index is 4.89. The van der Waals surface area contributed by atoms with Crippen LogP contribution in [0.4, 0.5) is 0 Å². The van der Waals surface area contributed by atoms with Gasteiger partial charge in [-0.1, -0.05) is 25.4 Å². The summed E-state index contributed by atoms with van der Waals surface area (Å²) in [6.45, 7) is 6.90. The van der Waals surface area contributed by atoms with Gasteiger partial charge in [0.05, 0.1) is 6.54 Å². The molecule has 0 saturated carbocycles. The minimum absolute atomic E-state index is 0.568. The van der Waals surface area contributed by atoms with Crippen LogP contribution in [0.5, 0.6) is 0 Å². The van der Waals surface area contributed by atoms with Crippen LogP contribution in [0.2, 0.25) is 0 Å². The van der Waals surface area contributed by atoms with Gasteiger partial charge in [0.1, 0.15) is 0 Å². The highest BCUT2D eigenvalue weighted by atomic mass is 16.5. The summed E-state index contributed by atoms with van der Waals surface area (Å²) in [5.74, 6) is 1.38. The monoisotopic (exact) mass is 197 g/mol. The Morgan fingerprint density at radius 1 is 1.43 bits per heavy atom. The number of hydrogen-bond donors (Lipinski definition) is 1. The molecular weight excluding hydrogens is 178 g/mol. The molecule has 1 aromatic heterocycles. The van der Waals surface area contributed by atoms with Gasteiger partial charge in [-0.3, -0.25) is 0 Å². The highest BCUT2D eigenvalue weighted by Crippen LogP contribution is 2.02. The van der Waals surface area contributed by atoms with Crippen molar-refractivity contribution in [3.63, 3.8) is 0 Å². The fourth-order valence-corrected chi connectivity index (χ4v) is 1.45. The molecule has 1 unspecified atom stereocenters. The number of nitrogens with one attached hydrogen (secondary N) is 1. The number of nitrogens with zero attached hydrogens (tertiary/aromatic N) is 2. The molecule has 0 spiro atoms. The molecule has 1 N–H and O–H groups in total. The second-order valence-corrected chi connectivity index (χ2v) is 3.50. The molecule has 1 aromatic rings. The van der Waals surface area contributed by atoms with Crippen molar-refractivity contribution in [2.75, 3.05) is 0 Å². The lowest BCUT2D eigenvalue weighted by Gasteiger charge is -2.13. The highest BCUT2D eigenvalue weighted by Gasteiger charge is 2.06. The lowest BCUT2D eigenvalue weighted by Crippen LogP contribution is -2.28. The van der Waals surface area contributed by atoms with Crippen molar-refractivity contribution >= 4 is 0 Å². The number of aryl methyl sites for hydroxylation is 1. The molecule has 0 aliphatic rings. The van der Waals surface area contributed by atoms with Gasteiger partial charge in [-0.25, -0.2) is 0 Å². The van der Waals surface area contributed by atoms with Crippen molar-refractivity contribution in [1.82, 2.24) is 15.5 Å². The first-order valence-electron chi connectivity index (χ1n) is 5.28. The summed E-state index contributed by atoms with van der Waals surface area (Å²) < 4.78 is 4.89. The SMILES string of the molecule is CCCC(CC)NCc1noc(C)n1. The first-order chi connectivity index (χ1) is 6.76. The fourth-order valence-electron chi connectivity index (χ4n) is 1.45. The van der Waals surface area contributed by atoms with Crippen molar-refractivity contribution < 1.29 is 4.52 Å². The van der Waals surface area contributed by atoms with E-state index < -0.39 is 0 Å². The molecule has 4 nitrogen and oxygen atoms in total. The van der Waals surface area contributed by atoms with Gasteiger partial charge in [0.15, 0.2) is 5.82 Å². The summed E-state index contributed by atoms with van der Waals surface area (Å²) in [5, 5.41) is 7.25. The summed E-state index contributed by atoms with van der Waals surface area (Å²) in [6, 6.07) is 0.568. The van der Waals surface area contributed by atoms with Gasteiger partial charge in [0.2, 0.25) is 5.89 Å². The molecule has 0 saturated heterocycles. The number of rotatable bonds is 6. The number of hydrogen-bond acceptors (Lipinski definition) is 4. The Balaban J connectivity index is 2.31. The van der Waals surface area contributed by atoms with Crippen molar-refractivity contribution in [2.45, 2.75) is 52.6 Å². The molecule has 1 rings (SSSR count). The molecule has 80 valence electrons.